The van der Waals surface area contributed by atoms with Crippen molar-refractivity contribution < 1.29 is 14.6 Å². The highest BCUT2D eigenvalue weighted by Crippen LogP contribution is 2.32. The maximum atomic E-state index is 12.5. The lowest BCUT2D eigenvalue weighted by molar-refractivity contribution is -0.0303. The molecule has 0 aromatic carbocycles. The summed E-state index contributed by atoms with van der Waals surface area (Å²) in [6.45, 7) is 1.63. The van der Waals surface area contributed by atoms with Gasteiger partial charge in [0.1, 0.15) is 6.33 Å². The molecule has 0 aliphatic rings. The van der Waals surface area contributed by atoms with Gasteiger partial charge in [-0.05, 0) is 29.0 Å². The van der Waals surface area contributed by atoms with Crippen LogP contribution >= 0.6 is 11.3 Å². The van der Waals surface area contributed by atoms with Crippen LogP contribution in [-0.2, 0) is 17.1 Å². The third kappa shape index (κ3) is 2.88. The molecule has 0 aliphatic heterocycles. The summed E-state index contributed by atoms with van der Waals surface area (Å²) in [6.07, 6.45) is 5.95. The average Bonchev–Trinajstić information content (AvgIpc) is 3.27. The summed E-state index contributed by atoms with van der Waals surface area (Å²) in [5, 5.41) is 13.4. The number of aromatic nitrogens is 3. The van der Waals surface area contributed by atoms with E-state index < -0.39 is 11.7 Å². The molecule has 0 fully saturated rings. The fraction of sp³-hybridized carbons (Fsp3) is 0.188. The molecule has 0 bridgehead atoms. The van der Waals surface area contributed by atoms with E-state index in [1.807, 2.05) is 16.8 Å². The maximum Gasteiger partial charge on any atom is 0.343 e. The first-order chi connectivity index (χ1) is 11.1. The van der Waals surface area contributed by atoms with Gasteiger partial charge in [0.15, 0.2) is 0 Å². The number of aliphatic hydroxyl groups is 1. The molecule has 3 heterocycles. The van der Waals surface area contributed by atoms with Crippen LogP contribution < -0.4 is 0 Å². The molecule has 1 unspecified atom stereocenters. The van der Waals surface area contributed by atoms with Crippen LogP contribution in [0.3, 0.4) is 0 Å². The standard InChI is InChI=1S/C16H15N3O3S/c1-16(13-4-6-23-10-13,19-5-2-3-14(19)9-20)22-15(21)12-7-17-11-18-8-12/h2-8,10-11,20H,9H2,1H3. The van der Waals surface area contributed by atoms with Crippen molar-refractivity contribution in [2.45, 2.75) is 19.3 Å². The molecule has 1 atom stereocenters. The molecule has 0 saturated carbocycles. The summed E-state index contributed by atoms with van der Waals surface area (Å²) in [5.41, 5.74) is 0.662. The number of esters is 1. The molecule has 0 aliphatic carbocycles. The Kier molecular flexibility index (Phi) is 4.22. The molecule has 0 saturated heterocycles. The van der Waals surface area contributed by atoms with Gasteiger partial charge in [0.25, 0.3) is 0 Å². The number of carbonyl (C=O) groups is 1. The Hall–Kier alpha value is -2.51. The third-order valence-corrected chi connectivity index (χ3v) is 4.28. The number of aliphatic hydroxyl groups excluding tert-OH is 1. The Bertz CT molecular complexity index is 786. The molecular formula is C16H15N3O3S. The molecule has 7 heteroatoms. The van der Waals surface area contributed by atoms with Crippen LogP contribution in [0, 0.1) is 0 Å². The largest absolute Gasteiger partial charge is 0.431 e. The fourth-order valence-corrected chi connectivity index (χ4v) is 3.13. The molecule has 3 rings (SSSR count). The van der Waals surface area contributed by atoms with Crippen molar-refractivity contribution in [3.8, 4) is 0 Å². The summed E-state index contributed by atoms with van der Waals surface area (Å²) in [7, 11) is 0. The molecular weight excluding hydrogens is 314 g/mol. The second kappa shape index (κ2) is 6.31. The average molecular weight is 329 g/mol. The monoisotopic (exact) mass is 329 g/mol. The van der Waals surface area contributed by atoms with Gasteiger partial charge in [-0.3, -0.25) is 0 Å². The molecule has 23 heavy (non-hydrogen) atoms. The number of ether oxygens (including phenoxy) is 1. The lowest BCUT2D eigenvalue weighted by Gasteiger charge is -2.32. The lowest BCUT2D eigenvalue weighted by atomic mass is 10.1. The minimum absolute atomic E-state index is 0.154. The normalized spacial score (nSPS) is 13.5. The summed E-state index contributed by atoms with van der Waals surface area (Å²) in [6, 6.07) is 5.47. The molecule has 0 radical (unpaired) electrons. The molecule has 0 spiro atoms. The van der Waals surface area contributed by atoms with Gasteiger partial charge in [-0.25, -0.2) is 14.8 Å². The fourth-order valence-electron chi connectivity index (χ4n) is 2.38. The number of thiophene rings is 1. The molecule has 0 amide bonds. The summed E-state index contributed by atoms with van der Waals surface area (Å²) in [5.74, 6) is -0.531. The van der Waals surface area contributed by atoms with Crippen LogP contribution in [0.4, 0.5) is 0 Å². The second-order valence-electron chi connectivity index (χ2n) is 5.04. The molecule has 3 aromatic heterocycles. The molecule has 6 nitrogen and oxygen atoms in total. The highest BCUT2D eigenvalue weighted by molar-refractivity contribution is 7.08. The van der Waals surface area contributed by atoms with E-state index in [1.54, 1.807) is 29.8 Å². The van der Waals surface area contributed by atoms with Crippen molar-refractivity contribution in [1.82, 2.24) is 14.5 Å². The number of nitrogens with zero attached hydrogens (tertiary/aromatic N) is 3. The third-order valence-electron chi connectivity index (χ3n) is 3.60. The zero-order chi connectivity index (χ0) is 16.3. The predicted octanol–water partition coefficient (Wildman–Crippen LogP) is 2.41. The van der Waals surface area contributed by atoms with E-state index in [-0.39, 0.29) is 12.2 Å². The minimum atomic E-state index is -1.07. The topological polar surface area (TPSA) is 77.2 Å². The minimum Gasteiger partial charge on any atom is -0.431 e. The van der Waals surface area contributed by atoms with E-state index >= 15 is 0 Å². The first-order valence-electron chi connectivity index (χ1n) is 6.94. The molecule has 3 aromatic rings. The molecule has 1 N–H and O–H groups in total. The number of carbonyl (C=O) groups excluding carboxylic acids is 1. The van der Waals surface area contributed by atoms with Crippen molar-refractivity contribution in [2.75, 3.05) is 0 Å². The Morgan fingerprint density at radius 1 is 1.39 bits per heavy atom. The van der Waals surface area contributed by atoms with Gasteiger partial charge in [-0.15, -0.1) is 0 Å². The Morgan fingerprint density at radius 2 is 2.17 bits per heavy atom. The van der Waals surface area contributed by atoms with Crippen molar-refractivity contribution in [1.29, 1.82) is 0 Å². The first-order valence-corrected chi connectivity index (χ1v) is 7.88. The quantitative estimate of drug-likeness (QED) is 0.727. The summed E-state index contributed by atoms with van der Waals surface area (Å²) < 4.78 is 7.54. The van der Waals surface area contributed by atoms with Crippen molar-refractivity contribution in [3.05, 3.63) is 70.7 Å². The number of rotatable bonds is 5. The van der Waals surface area contributed by atoms with Gasteiger partial charge < -0.3 is 14.4 Å². The second-order valence-corrected chi connectivity index (χ2v) is 5.82. The molecule has 118 valence electrons. The Balaban J connectivity index is 2.02. The van der Waals surface area contributed by atoms with Crippen molar-refractivity contribution >= 4 is 17.3 Å². The SMILES string of the molecule is CC(OC(=O)c1cncnc1)(c1ccsc1)n1cccc1CO. The van der Waals surface area contributed by atoms with Crippen LogP contribution in [0.25, 0.3) is 0 Å². The summed E-state index contributed by atoms with van der Waals surface area (Å²) in [4.78, 5) is 20.2. The van der Waals surface area contributed by atoms with Gasteiger partial charge in [-0.1, -0.05) is 0 Å². The van der Waals surface area contributed by atoms with Crippen molar-refractivity contribution in [3.63, 3.8) is 0 Å². The van der Waals surface area contributed by atoms with E-state index in [0.29, 0.717) is 5.69 Å². The Morgan fingerprint density at radius 3 is 2.83 bits per heavy atom. The van der Waals surface area contributed by atoms with Crippen LogP contribution in [-0.4, -0.2) is 25.6 Å². The van der Waals surface area contributed by atoms with Crippen LogP contribution in [0.2, 0.25) is 0 Å². The van der Waals surface area contributed by atoms with E-state index in [9.17, 15) is 9.90 Å². The summed E-state index contributed by atoms with van der Waals surface area (Å²) >= 11 is 1.51. The zero-order valence-corrected chi connectivity index (χ0v) is 13.2. The van der Waals surface area contributed by atoms with E-state index in [0.717, 1.165) is 5.56 Å². The van der Waals surface area contributed by atoms with Crippen molar-refractivity contribution in [2.24, 2.45) is 0 Å². The van der Waals surface area contributed by atoms with Gasteiger partial charge in [-0.2, -0.15) is 11.3 Å². The lowest BCUT2D eigenvalue weighted by Crippen LogP contribution is -2.37. The van der Waals surface area contributed by atoms with Crippen LogP contribution in [0.15, 0.2) is 53.9 Å². The Labute approximate surface area is 137 Å². The van der Waals surface area contributed by atoms with Gasteiger partial charge >= 0.3 is 5.97 Å². The highest BCUT2D eigenvalue weighted by atomic mass is 32.1. The van der Waals surface area contributed by atoms with E-state index in [4.69, 9.17) is 4.74 Å². The van der Waals surface area contributed by atoms with E-state index in [2.05, 4.69) is 9.97 Å². The number of hydrogen-bond acceptors (Lipinski definition) is 6. The highest BCUT2D eigenvalue weighted by Gasteiger charge is 2.35. The smallest absolute Gasteiger partial charge is 0.343 e. The van der Waals surface area contributed by atoms with Crippen LogP contribution in [0.1, 0.15) is 28.5 Å². The number of hydrogen-bond donors (Lipinski definition) is 1. The van der Waals surface area contributed by atoms with Crippen LogP contribution in [0.5, 0.6) is 0 Å². The van der Waals surface area contributed by atoms with Gasteiger partial charge in [0.2, 0.25) is 5.72 Å². The van der Waals surface area contributed by atoms with Gasteiger partial charge in [0.05, 0.1) is 12.2 Å². The van der Waals surface area contributed by atoms with E-state index in [1.165, 1.54) is 30.1 Å². The van der Waals surface area contributed by atoms with Gasteiger partial charge in [0, 0.05) is 36.8 Å². The predicted molar refractivity (Wildman–Crippen MR) is 84.9 cm³/mol. The first kappa shape index (κ1) is 15.4. The zero-order valence-electron chi connectivity index (χ0n) is 12.4. The maximum absolute atomic E-state index is 12.5.